The molecule has 2 unspecified atom stereocenters. The third-order valence-corrected chi connectivity index (χ3v) is 7.21. The molecule has 0 spiro atoms. The van der Waals surface area contributed by atoms with Gasteiger partial charge in [-0.05, 0) is 61.0 Å². The van der Waals surface area contributed by atoms with Crippen LogP contribution in [0.1, 0.15) is 81.9 Å². The zero-order valence-electron chi connectivity index (χ0n) is 15.8. The number of rotatable bonds is 5. The number of ether oxygens (including phenoxy) is 1. The maximum atomic E-state index is 14.5. The summed E-state index contributed by atoms with van der Waals surface area (Å²) in [5.41, 5.74) is 2.73. The van der Waals surface area contributed by atoms with E-state index in [9.17, 15) is 4.39 Å². The summed E-state index contributed by atoms with van der Waals surface area (Å²) in [6.07, 6.45) is 14.0. The molecule has 0 N–H and O–H groups in total. The number of benzene rings is 1. The number of hydrogen-bond donors (Lipinski definition) is 0. The molecule has 1 heterocycles. The van der Waals surface area contributed by atoms with Gasteiger partial charge >= 0.3 is 0 Å². The predicted molar refractivity (Wildman–Crippen MR) is 106 cm³/mol. The Labute approximate surface area is 162 Å². The molecular weight excluding hydrogens is 347 g/mol. The first-order valence-corrected chi connectivity index (χ1v) is 10.8. The van der Waals surface area contributed by atoms with Crippen molar-refractivity contribution < 1.29 is 9.13 Å². The van der Waals surface area contributed by atoms with Gasteiger partial charge in [-0.1, -0.05) is 62.4 Å². The molecule has 1 nitrogen and oxygen atoms in total. The van der Waals surface area contributed by atoms with E-state index >= 15 is 0 Å². The first-order valence-electron chi connectivity index (χ1n) is 10.5. The lowest BCUT2D eigenvalue weighted by atomic mass is 9.70. The standard InChI is InChI=1S/C23H30ClFO/c1-2-3-15-4-6-16(7-5-15)17-8-10-18(11-9-17)19-12-13-20(21-14-26-21)23(25)22(19)24/h10,12-13,15-17,21H,2-9,11,14H2,1H3. The molecule has 0 amide bonds. The second kappa shape index (κ2) is 8.02. The van der Waals surface area contributed by atoms with E-state index in [4.69, 9.17) is 16.3 Å². The van der Waals surface area contributed by atoms with Crippen LogP contribution in [0.15, 0.2) is 18.2 Å². The molecule has 4 rings (SSSR count). The van der Waals surface area contributed by atoms with Crippen molar-refractivity contribution in [2.24, 2.45) is 17.8 Å². The number of allylic oxidation sites excluding steroid dienone is 2. The maximum Gasteiger partial charge on any atom is 0.148 e. The zero-order valence-corrected chi connectivity index (χ0v) is 16.5. The van der Waals surface area contributed by atoms with E-state index in [-0.39, 0.29) is 16.9 Å². The van der Waals surface area contributed by atoms with Gasteiger partial charge in [-0.3, -0.25) is 0 Å². The molecule has 0 aromatic heterocycles. The van der Waals surface area contributed by atoms with Gasteiger partial charge in [0.25, 0.3) is 0 Å². The van der Waals surface area contributed by atoms with E-state index in [2.05, 4.69) is 13.0 Å². The van der Waals surface area contributed by atoms with E-state index < -0.39 is 0 Å². The predicted octanol–water partition coefficient (Wildman–Crippen LogP) is 7.34. The summed E-state index contributed by atoms with van der Waals surface area (Å²) in [6.45, 7) is 2.91. The SMILES string of the molecule is CCCC1CCC(C2CC=C(c3ccc(C4CO4)c(F)c3Cl)CC2)CC1. The van der Waals surface area contributed by atoms with Crippen LogP contribution in [0.2, 0.25) is 5.02 Å². The van der Waals surface area contributed by atoms with Crippen molar-refractivity contribution in [3.63, 3.8) is 0 Å². The van der Waals surface area contributed by atoms with Gasteiger partial charge < -0.3 is 4.74 Å². The highest BCUT2D eigenvalue weighted by atomic mass is 35.5. The molecule has 3 aliphatic rings. The highest BCUT2D eigenvalue weighted by molar-refractivity contribution is 6.32. The van der Waals surface area contributed by atoms with Gasteiger partial charge in [0.05, 0.1) is 11.6 Å². The molecule has 2 atom stereocenters. The summed E-state index contributed by atoms with van der Waals surface area (Å²) in [6, 6.07) is 3.85. The van der Waals surface area contributed by atoms with Crippen LogP contribution in [0.4, 0.5) is 4.39 Å². The smallest absolute Gasteiger partial charge is 0.148 e. The summed E-state index contributed by atoms with van der Waals surface area (Å²) in [4.78, 5) is 0. The van der Waals surface area contributed by atoms with Crippen LogP contribution in [-0.4, -0.2) is 6.61 Å². The summed E-state index contributed by atoms with van der Waals surface area (Å²) in [5, 5.41) is 0.280. The average molecular weight is 377 g/mol. The van der Waals surface area contributed by atoms with Crippen LogP contribution in [0.5, 0.6) is 0 Å². The molecule has 2 fully saturated rings. The van der Waals surface area contributed by atoms with Crippen molar-refractivity contribution in [3.8, 4) is 0 Å². The Morgan fingerprint density at radius 2 is 1.88 bits per heavy atom. The van der Waals surface area contributed by atoms with Crippen molar-refractivity contribution in [3.05, 3.63) is 40.2 Å². The molecule has 1 aromatic rings. The van der Waals surface area contributed by atoms with Crippen molar-refractivity contribution >= 4 is 17.2 Å². The van der Waals surface area contributed by atoms with Gasteiger partial charge in [0.1, 0.15) is 11.9 Å². The van der Waals surface area contributed by atoms with E-state index in [1.807, 2.05) is 12.1 Å². The first-order chi connectivity index (χ1) is 12.7. The van der Waals surface area contributed by atoms with Gasteiger partial charge in [0.2, 0.25) is 0 Å². The molecule has 1 aliphatic heterocycles. The van der Waals surface area contributed by atoms with E-state index in [0.29, 0.717) is 12.2 Å². The fourth-order valence-electron chi connectivity index (χ4n) is 5.17. The van der Waals surface area contributed by atoms with Crippen LogP contribution < -0.4 is 0 Å². The van der Waals surface area contributed by atoms with Gasteiger partial charge in [-0.15, -0.1) is 0 Å². The second-order valence-electron chi connectivity index (χ2n) is 8.49. The minimum Gasteiger partial charge on any atom is -0.368 e. The minimum atomic E-state index is -0.288. The van der Waals surface area contributed by atoms with Crippen LogP contribution in [0, 0.1) is 23.6 Å². The third kappa shape index (κ3) is 3.87. The molecule has 1 saturated carbocycles. The summed E-state index contributed by atoms with van der Waals surface area (Å²) < 4.78 is 19.7. The average Bonchev–Trinajstić information content (AvgIpc) is 3.50. The summed E-state index contributed by atoms with van der Waals surface area (Å²) in [7, 11) is 0. The lowest BCUT2D eigenvalue weighted by Gasteiger charge is -2.35. The Morgan fingerprint density at radius 3 is 2.50 bits per heavy atom. The number of epoxide rings is 1. The summed E-state index contributed by atoms with van der Waals surface area (Å²) in [5.74, 6) is 2.39. The molecular formula is C23H30ClFO. The topological polar surface area (TPSA) is 12.5 Å². The highest BCUT2D eigenvalue weighted by Gasteiger charge is 2.31. The molecule has 142 valence electrons. The molecule has 1 saturated heterocycles. The van der Waals surface area contributed by atoms with Crippen LogP contribution in [-0.2, 0) is 4.74 Å². The van der Waals surface area contributed by atoms with Crippen LogP contribution in [0.25, 0.3) is 5.57 Å². The van der Waals surface area contributed by atoms with Crippen molar-refractivity contribution in [1.82, 2.24) is 0 Å². The quantitative estimate of drug-likeness (QED) is 0.489. The van der Waals surface area contributed by atoms with Gasteiger partial charge in [0.15, 0.2) is 0 Å². The highest BCUT2D eigenvalue weighted by Crippen LogP contribution is 2.44. The van der Waals surface area contributed by atoms with Crippen LogP contribution in [0.3, 0.4) is 0 Å². The molecule has 26 heavy (non-hydrogen) atoms. The van der Waals surface area contributed by atoms with E-state index in [0.717, 1.165) is 36.2 Å². The lowest BCUT2D eigenvalue weighted by Crippen LogP contribution is -2.23. The van der Waals surface area contributed by atoms with Crippen molar-refractivity contribution in [2.45, 2.75) is 70.8 Å². The molecule has 0 radical (unpaired) electrons. The molecule has 1 aromatic carbocycles. The van der Waals surface area contributed by atoms with Gasteiger partial charge in [0, 0.05) is 5.56 Å². The van der Waals surface area contributed by atoms with Crippen molar-refractivity contribution in [2.75, 3.05) is 6.61 Å². The fraction of sp³-hybridized carbons (Fsp3) is 0.652. The Balaban J connectivity index is 1.40. The fourth-order valence-corrected chi connectivity index (χ4v) is 5.47. The zero-order chi connectivity index (χ0) is 18.1. The Bertz CT molecular complexity index is 671. The van der Waals surface area contributed by atoms with Crippen LogP contribution >= 0.6 is 11.6 Å². The maximum absolute atomic E-state index is 14.5. The molecule has 3 heteroatoms. The Morgan fingerprint density at radius 1 is 1.12 bits per heavy atom. The van der Waals surface area contributed by atoms with E-state index in [1.54, 1.807) is 0 Å². The van der Waals surface area contributed by atoms with Gasteiger partial charge in [-0.2, -0.15) is 0 Å². The lowest BCUT2D eigenvalue weighted by molar-refractivity contribution is 0.189. The minimum absolute atomic E-state index is 0.0888. The number of halogens is 2. The molecule has 2 aliphatic carbocycles. The van der Waals surface area contributed by atoms with Crippen molar-refractivity contribution in [1.29, 1.82) is 0 Å². The number of hydrogen-bond acceptors (Lipinski definition) is 1. The summed E-state index contributed by atoms with van der Waals surface area (Å²) >= 11 is 6.36. The molecule has 0 bridgehead atoms. The Kier molecular flexibility index (Phi) is 5.71. The van der Waals surface area contributed by atoms with E-state index in [1.165, 1.54) is 50.5 Å². The third-order valence-electron chi connectivity index (χ3n) is 6.84. The first kappa shape index (κ1) is 18.5. The second-order valence-corrected chi connectivity index (χ2v) is 8.86. The Hall–Kier alpha value is -0.860. The normalized spacial score (nSPS) is 31.6. The monoisotopic (exact) mass is 376 g/mol. The largest absolute Gasteiger partial charge is 0.368 e. The van der Waals surface area contributed by atoms with Gasteiger partial charge in [-0.25, -0.2) is 4.39 Å².